The van der Waals surface area contributed by atoms with E-state index in [4.69, 9.17) is 18.6 Å². The van der Waals surface area contributed by atoms with Crippen molar-refractivity contribution in [2.75, 3.05) is 13.2 Å². The number of fused-ring (bicyclic) bond motifs is 2. The first-order valence-corrected chi connectivity index (χ1v) is 10.7. The van der Waals surface area contributed by atoms with Gasteiger partial charge >= 0.3 is 11.6 Å². The first-order chi connectivity index (χ1) is 16.5. The summed E-state index contributed by atoms with van der Waals surface area (Å²) >= 11 is 0. The molecule has 1 aliphatic rings. The van der Waals surface area contributed by atoms with Crippen LogP contribution in [0.3, 0.4) is 0 Å². The Kier molecular flexibility index (Phi) is 5.59. The zero-order valence-electron chi connectivity index (χ0n) is 18.3. The number of ether oxygens (including phenoxy) is 3. The number of aryl methyl sites for hydroxylation is 1. The zero-order chi connectivity index (χ0) is 23.7. The second kappa shape index (κ2) is 8.86. The Morgan fingerprint density at radius 2 is 1.65 bits per heavy atom. The van der Waals surface area contributed by atoms with Gasteiger partial charge in [0.2, 0.25) is 0 Å². The summed E-state index contributed by atoms with van der Waals surface area (Å²) in [4.78, 5) is 38.1. The maximum atomic E-state index is 13.2. The number of ketones is 1. The average Bonchev–Trinajstić information content (AvgIpc) is 2.86. The molecule has 3 aromatic carbocycles. The summed E-state index contributed by atoms with van der Waals surface area (Å²) in [6, 6.07) is 18.1. The predicted molar refractivity (Wildman–Crippen MR) is 124 cm³/mol. The maximum absolute atomic E-state index is 13.2. The summed E-state index contributed by atoms with van der Waals surface area (Å²) in [5.41, 5.74) is 2.06. The fraction of sp³-hybridized carbons (Fsp3) is 0.148. The molecular formula is C27H20O7. The molecule has 1 aromatic heterocycles. The molecule has 170 valence electrons. The first kappa shape index (κ1) is 21.5. The fourth-order valence-corrected chi connectivity index (χ4v) is 3.88. The van der Waals surface area contributed by atoms with Crippen molar-refractivity contribution >= 4 is 22.7 Å². The number of carbonyl (C=O) groups excluding carboxylic acids is 2. The smallest absolute Gasteiger partial charge is 0.339 e. The van der Waals surface area contributed by atoms with Gasteiger partial charge in [-0.1, -0.05) is 30.3 Å². The molecule has 0 saturated heterocycles. The van der Waals surface area contributed by atoms with Crippen molar-refractivity contribution in [1.29, 1.82) is 0 Å². The van der Waals surface area contributed by atoms with Gasteiger partial charge in [0.1, 0.15) is 25.4 Å². The molecule has 7 heteroatoms. The molecule has 0 N–H and O–H groups in total. The molecule has 0 radical (unpaired) electrons. The highest BCUT2D eigenvalue weighted by Gasteiger charge is 2.22. The number of hydrogen-bond donors (Lipinski definition) is 0. The molecule has 0 atom stereocenters. The van der Waals surface area contributed by atoms with Crippen LogP contribution in [0.1, 0.15) is 37.4 Å². The minimum absolute atomic E-state index is 0.130. The number of rotatable bonds is 5. The van der Waals surface area contributed by atoms with Crippen LogP contribution in [0.4, 0.5) is 0 Å². The molecule has 2 heterocycles. The summed E-state index contributed by atoms with van der Waals surface area (Å²) in [6.45, 7) is 2.60. The average molecular weight is 456 g/mol. The van der Waals surface area contributed by atoms with Crippen molar-refractivity contribution < 1.29 is 28.2 Å². The number of esters is 1. The Balaban J connectivity index is 1.41. The Bertz CT molecular complexity index is 1480. The largest absolute Gasteiger partial charge is 0.486 e. The lowest BCUT2D eigenvalue weighted by Crippen LogP contribution is -2.16. The molecule has 0 spiro atoms. The van der Waals surface area contributed by atoms with Crippen molar-refractivity contribution in [2.45, 2.75) is 13.5 Å². The van der Waals surface area contributed by atoms with Gasteiger partial charge in [-0.3, -0.25) is 4.79 Å². The molecule has 0 saturated carbocycles. The summed E-state index contributed by atoms with van der Waals surface area (Å²) < 4.78 is 21.8. The van der Waals surface area contributed by atoms with Crippen LogP contribution in [0.5, 0.6) is 11.5 Å². The lowest BCUT2D eigenvalue weighted by Gasteiger charge is -2.18. The van der Waals surface area contributed by atoms with Crippen molar-refractivity contribution in [3.8, 4) is 11.5 Å². The van der Waals surface area contributed by atoms with Gasteiger partial charge in [0.15, 0.2) is 17.3 Å². The highest BCUT2D eigenvalue weighted by atomic mass is 16.6. The second-order valence-electron chi connectivity index (χ2n) is 7.90. The topological polar surface area (TPSA) is 92.0 Å². The van der Waals surface area contributed by atoms with E-state index in [1.165, 1.54) is 12.1 Å². The van der Waals surface area contributed by atoms with Crippen LogP contribution in [-0.4, -0.2) is 25.0 Å². The molecule has 0 unspecified atom stereocenters. The number of hydrogen-bond acceptors (Lipinski definition) is 7. The van der Waals surface area contributed by atoms with Crippen LogP contribution in [-0.2, 0) is 11.3 Å². The van der Waals surface area contributed by atoms with Gasteiger partial charge in [-0.15, -0.1) is 0 Å². The minimum atomic E-state index is -0.671. The highest BCUT2D eigenvalue weighted by Crippen LogP contribution is 2.32. The van der Waals surface area contributed by atoms with E-state index in [-0.39, 0.29) is 23.5 Å². The lowest BCUT2D eigenvalue weighted by molar-refractivity contribution is 0.0471. The van der Waals surface area contributed by atoms with E-state index in [1.54, 1.807) is 42.5 Å². The third kappa shape index (κ3) is 4.15. The van der Waals surface area contributed by atoms with E-state index in [9.17, 15) is 14.4 Å². The minimum Gasteiger partial charge on any atom is -0.486 e. The van der Waals surface area contributed by atoms with Crippen LogP contribution in [0.25, 0.3) is 11.0 Å². The Hall–Kier alpha value is -4.39. The first-order valence-electron chi connectivity index (χ1n) is 10.7. The van der Waals surface area contributed by atoms with Crippen LogP contribution < -0.4 is 15.1 Å². The van der Waals surface area contributed by atoms with E-state index in [0.29, 0.717) is 46.8 Å². The summed E-state index contributed by atoms with van der Waals surface area (Å²) in [5.74, 6) is 0.0493. The van der Waals surface area contributed by atoms with E-state index < -0.39 is 11.6 Å². The van der Waals surface area contributed by atoms with Crippen molar-refractivity contribution in [3.05, 3.63) is 105 Å². The summed E-state index contributed by atoms with van der Waals surface area (Å²) in [6.07, 6.45) is 0. The van der Waals surface area contributed by atoms with E-state index in [1.807, 2.05) is 19.1 Å². The fourth-order valence-electron chi connectivity index (χ4n) is 3.88. The van der Waals surface area contributed by atoms with Gasteiger partial charge in [-0.25, -0.2) is 9.59 Å². The second-order valence-corrected chi connectivity index (χ2v) is 7.90. The van der Waals surface area contributed by atoms with E-state index in [2.05, 4.69) is 0 Å². The molecule has 0 fully saturated rings. The van der Waals surface area contributed by atoms with E-state index in [0.717, 1.165) is 5.56 Å². The summed E-state index contributed by atoms with van der Waals surface area (Å²) in [5, 5.41) is 0.679. The van der Waals surface area contributed by atoms with Crippen LogP contribution >= 0.6 is 0 Å². The maximum Gasteiger partial charge on any atom is 0.339 e. The van der Waals surface area contributed by atoms with Crippen LogP contribution in [0.15, 0.2) is 75.9 Å². The molecule has 7 nitrogen and oxygen atoms in total. The standard InChI is InChI=1S/C27H20O7/c1-16-6-8-19-18(14-25(28)34-23(19)12-16)15-33-27(30)21-5-3-2-4-20(21)26(29)17-7-9-22-24(13-17)32-11-10-31-22/h2-9,12-14H,10-11,15H2,1H3. The third-order valence-corrected chi connectivity index (χ3v) is 5.54. The van der Waals surface area contributed by atoms with Gasteiger partial charge < -0.3 is 18.6 Å². The van der Waals surface area contributed by atoms with Crippen LogP contribution in [0, 0.1) is 6.92 Å². The van der Waals surface area contributed by atoms with Gasteiger partial charge in [-0.2, -0.15) is 0 Å². The molecule has 34 heavy (non-hydrogen) atoms. The molecule has 4 aromatic rings. The van der Waals surface area contributed by atoms with Crippen molar-refractivity contribution in [1.82, 2.24) is 0 Å². The van der Waals surface area contributed by atoms with Crippen molar-refractivity contribution in [3.63, 3.8) is 0 Å². The molecule has 0 amide bonds. The normalized spacial score (nSPS) is 12.4. The number of benzene rings is 3. The van der Waals surface area contributed by atoms with Gasteiger partial charge in [0.25, 0.3) is 0 Å². The van der Waals surface area contributed by atoms with Gasteiger partial charge in [0.05, 0.1) is 5.56 Å². The monoisotopic (exact) mass is 456 g/mol. The Morgan fingerprint density at radius 3 is 2.47 bits per heavy atom. The predicted octanol–water partition coefficient (Wildman–Crippen LogP) is 4.46. The SMILES string of the molecule is Cc1ccc2c(COC(=O)c3ccccc3C(=O)c3ccc4c(c3)OCCO4)cc(=O)oc2c1. The molecular weight excluding hydrogens is 436 g/mol. The zero-order valence-corrected chi connectivity index (χ0v) is 18.3. The van der Waals surface area contributed by atoms with Gasteiger partial charge in [-0.05, 0) is 42.8 Å². The molecule has 5 rings (SSSR count). The quantitative estimate of drug-likeness (QED) is 0.249. The van der Waals surface area contributed by atoms with Gasteiger partial charge in [0, 0.05) is 28.1 Å². The Morgan fingerprint density at radius 1 is 0.882 bits per heavy atom. The Labute approximate surface area is 194 Å². The highest BCUT2D eigenvalue weighted by molar-refractivity contribution is 6.14. The van der Waals surface area contributed by atoms with Crippen LogP contribution in [0.2, 0.25) is 0 Å². The molecule has 0 bridgehead atoms. The molecule has 1 aliphatic heterocycles. The number of carbonyl (C=O) groups is 2. The third-order valence-electron chi connectivity index (χ3n) is 5.54. The van der Waals surface area contributed by atoms with Crippen molar-refractivity contribution in [2.24, 2.45) is 0 Å². The summed E-state index contributed by atoms with van der Waals surface area (Å²) in [7, 11) is 0. The van der Waals surface area contributed by atoms with E-state index >= 15 is 0 Å². The molecule has 0 aliphatic carbocycles. The lowest BCUT2D eigenvalue weighted by atomic mass is 9.98.